The second kappa shape index (κ2) is 6.56. The van der Waals surface area contributed by atoms with Gasteiger partial charge in [0.15, 0.2) is 6.10 Å². The number of nitrogens with one attached hydrogen (secondary N) is 2. The molecule has 2 N–H and O–H groups in total. The Morgan fingerprint density at radius 3 is 2.65 bits per heavy atom. The Balaban J connectivity index is 1.58. The van der Waals surface area contributed by atoms with Crippen LogP contribution in [0.2, 0.25) is 0 Å². The van der Waals surface area contributed by atoms with Crippen molar-refractivity contribution in [3.8, 4) is 11.4 Å². The average Bonchev–Trinajstić information content (AvgIpc) is 3.29. The van der Waals surface area contributed by atoms with Gasteiger partial charge in [-0.1, -0.05) is 5.16 Å². The van der Waals surface area contributed by atoms with E-state index in [1.165, 1.54) is 17.9 Å². The minimum atomic E-state index is -4.72. The van der Waals surface area contributed by atoms with E-state index >= 15 is 4.39 Å². The Bertz CT molecular complexity index is 1300. The van der Waals surface area contributed by atoms with E-state index in [1.54, 1.807) is 6.92 Å². The number of hydrogen-bond donors (Lipinski definition) is 2. The monoisotopic (exact) mass is 479 g/mol. The molecule has 13 heteroatoms. The first-order chi connectivity index (χ1) is 16.0. The summed E-state index contributed by atoms with van der Waals surface area (Å²) in [4.78, 5) is 30.7. The number of morpholine rings is 1. The minimum Gasteiger partial charge on any atom is -0.359 e. The molecule has 3 aliphatic heterocycles. The first-order valence-electron chi connectivity index (χ1n) is 10.5. The third kappa shape index (κ3) is 2.64. The van der Waals surface area contributed by atoms with Crippen LogP contribution in [0.4, 0.5) is 28.0 Å². The summed E-state index contributed by atoms with van der Waals surface area (Å²) in [7, 11) is 0. The van der Waals surface area contributed by atoms with Crippen LogP contribution in [0.3, 0.4) is 0 Å². The van der Waals surface area contributed by atoms with Gasteiger partial charge in [-0.05, 0) is 36.6 Å². The first-order valence-corrected chi connectivity index (χ1v) is 10.5. The van der Waals surface area contributed by atoms with Crippen LogP contribution in [0.5, 0.6) is 0 Å². The summed E-state index contributed by atoms with van der Waals surface area (Å²) in [6, 6.07) is 0.917. The van der Waals surface area contributed by atoms with Gasteiger partial charge < -0.3 is 19.5 Å². The minimum absolute atomic E-state index is 0.0408. The summed E-state index contributed by atoms with van der Waals surface area (Å²) in [6.45, 7) is 2.37. The number of imide groups is 1. The number of urea groups is 1. The number of rotatable bonds is 1. The van der Waals surface area contributed by atoms with Gasteiger partial charge in [0.1, 0.15) is 17.3 Å². The van der Waals surface area contributed by atoms with E-state index in [2.05, 4.69) is 20.8 Å². The van der Waals surface area contributed by atoms with Crippen molar-refractivity contribution in [1.82, 2.24) is 20.8 Å². The van der Waals surface area contributed by atoms with Gasteiger partial charge in [-0.2, -0.15) is 18.2 Å². The highest BCUT2D eigenvalue weighted by molar-refractivity contribution is 6.05. The van der Waals surface area contributed by atoms with Crippen LogP contribution in [-0.2, 0) is 16.0 Å². The van der Waals surface area contributed by atoms with Crippen molar-refractivity contribution < 1.29 is 36.4 Å². The molecule has 3 amide bonds. The number of hydrogen-bond acceptors (Lipinski definition) is 7. The van der Waals surface area contributed by atoms with E-state index < -0.39 is 54.1 Å². The van der Waals surface area contributed by atoms with E-state index in [9.17, 15) is 22.8 Å². The molecule has 1 aliphatic carbocycles. The van der Waals surface area contributed by atoms with Gasteiger partial charge in [0, 0.05) is 18.2 Å². The van der Waals surface area contributed by atoms with Crippen LogP contribution in [-0.4, -0.2) is 53.0 Å². The third-order valence-corrected chi connectivity index (χ3v) is 6.99. The van der Waals surface area contributed by atoms with E-state index in [4.69, 9.17) is 9.26 Å². The molecule has 0 saturated carbocycles. The Morgan fingerprint density at radius 1 is 1.21 bits per heavy atom. The summed E-state index contributed by atoms with van der Waals surface area (Å²) >= 11 is 0. The summed E-state index contributed by atoms with van der Waals surface area (Å²) in [5, 5.41) is 8.61. The highest BCUT2D eigenvalue weighted by atomic mass is 19.4. The molecule has 1 spiro atoms. The number of anilines is 1. The van der Waals surface area contributed by atoms with Crippen LogP contribution < -0.4 is 15.5 Å². The number of fused-ring (bicyclic) bond motifs is 2. The Kier molecular flexibility index (Phi) is 4.06. The van der Waals surface area contributed by atoms with Crippen molar-refractivity contribution in [2.45, 2.75) is 44.7 Å². The molecule has 1 unspecified atom stereocenters. The molecule has 0 radical (unpaired) electrons. The Hall–Kier alpha value is -3.48. The van der Waals surface area contributed by atoms with Gasteiger partial charge in [0.25, 0.3) is 0 Å². The molecular formula is C21H17F4N5O4. The van der Waals surface area contributed by atoms with Gasteiger partial charge in [-0.15, -0.1) is 0 Å². The second-order valence-electron chi connectivity index (χ2n) is 8.90. The number of aryl methyl sites for hydroxylation is 1. The van der Waals surface area contributed by atoms with Gasteiger partial charge in [0.2, 0.25) is 17.6 Å². The number of benzene rings is 1. The molecule has 178 valence electrons. The van der Waals surface area contributed by atoms with Gasteiger partial charge in [-0.25, -0.2) is 9.18 Å². The molecule has 4 aliphatic rings. The topological polar surface area (TPSA) is 110 Å². The lowest BCUT2D eigenvalue weighted by molar-refractivity contribution is -0.237. The Morgan fingerprint density at radius 2 is 1.97 bits per heavy atom. The van der Waals surface area contributed by atoms with Crippen molar-refractivity contribution in [3.63, 3.8) is 0 Å². The summed E-state index contributed by atoms with van der Waals surface area (Å²) in [5.41, 5.74) is -0.481. The van der Waals surface area contributed by atoms with Gasteiger partial charge in [-0.3, -0.25) is 10.1 Å². The lowest BCUT2D eigenvalue weighted by atomic mass is 9.69. The van der Waals surface area contributed by atoms with Crippen molar-refractivity contribution in [2.24, 2.45) is 5.41 Å². The zero-order valence-corrected chi connectivity index (χ0v) is 17.8. The fourth-order valence-electron chi connectivity index (χ4n) is 5.72. The van der Waals surface area contributed by atoms with Crippen LogP contribution in [0.25, 0.3) is 11.4 Å². The molecule has 2 fully saturated rings. The molecule has 4 heterocycles. The summed E-state index contributed by atoms with van der Waals surface area (Å²) in [6.07, 6.45) is -8.18. The molecule has 2 aromatic rings. The van der Waals surface area contributed by atoms with Crippen LogP contribution in [0.15, 0.2) is 27.9 Å². The molecule has 9 nitrogen and oxygen atoms in total. The zero-order chi connectivity index (χ0) is 24.2. The van der Waals surface area contributed by atoms with E-state index in [-0.39, 0.29) is 40.6 Å². The zero-order valence-electron chi connectivity index (χ0n) is 17.8. The summed E-state index contributed by atoms with van der Waals surface area (Å²) in [5.74, 6) is -1.10. The number of ether oxygens (including phenoxy) is 1. The number of carbonyl (C=O) groups excluding carboxylic acids is 2. The predicted molar refractivity (Wildman–Crippen MR) is 106 cm³/mol. The molecule has 1 aromatic heterocycles. The maximum Gasteiger partial charge on any atom is 0.416 e. The number of amides is 3. The number of nitrogens with zero attached hydrogens (tertiary/aromatic N) is 3. The molecule has 34 heavy (non-hydrogen) atoms. The lowest BCUT2D eigenvalue weighted by Gasteiger charge is -2.54. The number of alkyl halides is 3. The predicted octanol–water partition coefficient (Wildman–Crippen LogP) is 2.36. The molecule has 0 bridgehead atoms. The fourth-order valence-corrected chi connectivity index (χ4v) is 5.72. The van der Waals surface area contributed by atoms with Crippen LogP contribution in [0.1, 0.15) is 18.4 Å². The van der Waals surface area contributed by atoms with Crippen molar-refractivity contribution in [3.05, 3.63) is 40.7 Å². The van der Waals surface area contributed by atoms with Crippen LogP contribution in [0, 0.1) is 18.2 Å². The standard InChI is InChI=1S/C21H17F4N5O4/c1-7-14-16-20(15(7)27-19(32)28-18(20)31)5-10-3-9(17-26-8(2)34-29-17)4-11(22)13(10)30(16)6-12(33-14)21(23,24)25/h3-4,12,14,16H,5-6H2,1-2H3,(H2,27,28,31,32)/t12-,14?,16+,20-/m0/s1. The lowest BCUT2D eigenvalue weighted by Crippen LogP contribution is -2.70. The first kappa shape index (κ1) is 21.1. The van der Waals surface area contributed by atoms with Crippen LogP contribution >= 0.6 is 0 Å². The number of aromatic nitrogens is 2. The quantitative estimate of drug-likeness (QED) is 0.605. The number of halogens is 4. The molecule has 2 saturated heterocycles. The smallest absolute Gasteiger partial charge is 0.359 e. The second-order valence-corrected chi connectivity index (χ2v) is 8.90. The van der Waals surface area contributed by atoms with Crippen molar-refractivity contribution in [1.29, 1.82) is 0 Å². The van der Waals surface area contributed by atoms with Crippen molar-refractivity contribution in [2.75, 3.05) is 11.4 Å². The Labute approximate surface area is 189 Å². The van der Waals surface area contributed by atoms with E-state index in [0.29, 0.717) is 5.57 Å². The van der Waals surface area contributed by atoms with Gasteiger partial charge >= 0.3 is 12.2 Å². The highest BCUT2D eigenvalue weighted by Gasteiger charge is 2.68. The summed E-state index contributed by atoms with van der Waals surface area (Å²) < 4.78 is 67.3. The maximum atomic E-state index is 15.5. The molecule has 4 atom stereocenters. The fraction of sp³-hybridized carbons (Fsp3) is 0.429. The average molecular weight is 479 g/mol. The highest BCUT2D eigenvalue weighted by Crippen LogP contribution is 2.57. The van der Waals surface area contributed by atoms with Gasteiger partial charge in [0.05, 0.1) is 18.3 Å². The third-order valence-electron chi connectivity index (χ3n) is 6.99. The number of carbonyl (C=O) groups is 2. The largest absolute Gasteiger partial charge is 0.416 e. The SMILES string of the molecule is CC1=C2NC(=O)NC(=O)[C@@]23Cc2cc(-c4noc(C)n4)cc(F)c2N2C[C@@H](C(F)(F)F)OC1[C@@H]23. The molecular weight excluding hydrogens is 462 g/mol. The van der Waals surface area contributed by atoms with E-state index in [0.717, 1.165) is 6.07 Å². The van der Waals surface area contributed by atoms with E-state index in [1.807, 2.05) is 0 Å². The molecule has 1 aromatic carbocycles. The van der Waals surface area contributed by atoms with Crippen molar-refractivity contribution >= 4 is 17.6 Å². The maximum absolute atomic E-state index is 15.5. The molecule has 6 rings (SSSR count). The normalized spacial score (nSPS) is 29.9.